The summed E-state index contributed by atoms with van der Waals surface area (Å²) >= 11 is 1.48. The molecule has 2 heterocycles. The Kier molecular flexibility index (Phi) is 3.80. The molecule has 3 aromatic rings. The van der Waals surface area contributed by atoms with Crippen molar-refractivity contribution in [3.63, 3.8) is 0 Å². The van der Waals surface area contributed by atoms with Crippen LogP contribution in [0.3, 0.4) is 0 Å². The van der Waals surface area contributed by atoms with Gasteiger partial charge in [0.1, 0.15) is 5.69 Å². The number of aromatic nitrogens is 3. The maximum absolute atomic E-state index is 11.7. The number of hydrogen-bond acceptors (Lipinski definition) is 6. The molecule has 0 fully saturated rings. The Hall–Kier alpha value is -2.80. The van der Waals surface area contributed by atoms with Crippen LogP contribution in [-0.2, 0) is 4.74 Å². The number of rotatable bonds is 4. The van der Waals surface area contributed by atoms with Crippen LogP contribution in [0.4, 0.5) is 0 Å². The molecule has 22 heavy (non-hydrogen) atoms. The highest BCUT2D eigenvalue weighted by atomic mass is 32.1. The third-order valence-corrected chi connectivity index (χ3v) is 3.95. The lowest BCUT2D eigenvalue weighted by Gasteiger charge is -2.07. The molecule has 2 aromatic heterocycles. The number of thiophene rings is 1. The van der Waals surface area contributed by atoms with Crippen LogP contribution >= 0.6 is 11.3 Å². The lowest BCUT2D eigenvalue weighted by atomic mass is 10.2. The second-order valence-corrected chi connectivity index (χ2v) is 5.32. The van der Waals surface area contributed by atoms with Crippen molar-refractivity contribution in [1.29, 1.82) is 0 Å². The number of ether oxygens (including phenoxy) is 1. The average Bonchev–Trinajstić information content (AvgIpc) is 3.22. The number of esters is 1. The zero-order chi connectivity index (χ0) is 15.5. The van der Waals surface area contributed by atoms with Gasteiger partial charge in [0.15, 0.2) is 12.0 Å². The predicted octanol–water partition coefficient (Wildman–Crippen LogP) is 2.59. The largest absolute Gasteiger partial charge is 0.465 e. The van der Waals surface area contributed by atoms with E-state index < -0.39 is 5.97 Å². The van der Waals surface area contributed by atoms with E-state index in [9.17, 15) is 9.59 Å². The van der Waals surface area contributed by atoms with Crippen LogP contribution in [0.25, 0.3) is 16.3 Å². The molecule has 110 valence electrons. The van der Waals surface area contributed by atoms with Gasteiger partial charge in [-0.25, -0.2) is 9.48 Å². The van der Waals surface area contributed by atoms with Crippen LogP contribution in [0.15, 0.2) is 41.8 Å². The first kappa shape index (κ1) is 14.2. The molecule has 0 radical (unpaired) electrons. The van der Waals surface area contributed by atoms with Gasteiger partial charge < -0.3 is 4.74 Å². The molecule has 0 aliphatic carbocycles. The fourth-order valence-corrected chi connectivity index (χ4v) is 2.84. The Labute approximate surface area is 130 Å². The summed E-state index contributed by atoms with van der Waals surface area (Å²) in [5.74, 6) is -0.435. The van der Waals surface area contributed by atoms with Gasteiger partial charge in [0.25, 0.3) is 0 Å². The van der Waals surface area contributed by atoms with Crippen molar-refractivity contribution in [2.75, 3.05) is 7.11 Å². The molecule has 0 amide bonds. The standard InChI is InChI=1S/C15H11N3O3S/c1-21-15(20)10-4-2-5-11(8-10)18-14(12(9-19)16-17-18)13-6-3-7-22-13/h2-9H,1H3. The smallest absolute Gasteiger partial charge is 0.337 e. The summed E-state index contributed by atoms with van der Waals surface area (Å²) in [5, 5.41) is 9.84. The molecular weight excluding hydrogens is 302 g/mol. The van der Waals surface area contributed by atoms with E-state index in [1.54, 1.807) is 28.9 Å². The molecule has 1 aromatic carbocycles. The van der Waals surface area contributed by atoms with Gasteiger partial charge in [0.2, 0.25) is 0 Å². The van der Waals surface area contributed by atoms with E-state index in [2.05, 4.69) is 10.3 Å². The highest BCUT2D eigenvalue weighted by Gasteiger charge is 2.17. The van der Waals surface area contributed by atoms with Gasteiger partial charge in [-0.05, 0) is 29.6 Å². The van der Waals surface area contributed by atoms with Gasteiger partial charge in [0, 0.05) is 0 Å². The number of aldehydes is 1. The van der Waals surface area contributed by atoms with E-state index in [1.165, 1.54) is 18.4 Å². The minimum Gasteiger partial charge on any atom is -0.465 e. The summed E-state index contributed by atoms with van der Waals surface area (Å²) in [6.07, 6.45) is 0.669. The average molecular weight is 313 g/mol. The molecule has 0 N–H and O–H groups in total. The number of carbonyl (C=O) groups excluding carboxylic acids is 2. The van der Waals surface area contributed by atoms with Crippen molar-refractivity contribution in [1.82, 2.24) is 15.0 Å². The molecule has 0 saturated carbocycles. The van der Waals surface area contributed by atoms with Gasteiger partial charge in [-0.1, -0.05) is 17.3 Å². The van der Waals surface area contributed by atoms with Crippen molar-refractivity contribution in [3.8, 4) is 16.3 Å². The Bertz CT molecular complexity index is 824. The normalized spacial score (nSPS) is 10.4. The third kappa shape index (κ3) is 2.42. The van der Waals surface area contributed by atoms with E-state index >= 15 is 0 Å². The van der Waals surface area contributed by atoms with E-state index in [0.29, 0.717) is 23.2 Å². The van der Waals surface area contributed by atoms with E-state index in [4.69, 9.17) is 4.74 Å². The maximum atomic E-state index is 11.7. The third-order valence-electron chi connectivity index (χ3n) is 3.07. The number of nitrogens with zero attached hydrogens (tertiary/aromatic N) is 3. The molecule has 0 bridgehead atoms. The van der Waals surface area contributed by atoms with E-state index in [-0.39, 0.29) is 5.69 Å². The van der Waals surface area contributed by atoms with Crippen LogP contribution in [0.1, 0.15) is 20.8 Å². The fourth-order valence-electron chi connectivity index (χ4n) is 2.08. The predicted molar refractivity (Wildman–Crippen MR) is 81.4 cm³/mol. The summed E-state index contributed by atoms with van der Waals surface area (Å²) in [7, 11) is 1.33. The highest BCUT2D eigenvalue weighted by molar-refractivity contribution is 7.13. The van der Waals surface area contributed by atoms with Gasteiger partial charge >= 0.3 is 5.97 Å². The zero-order valence-electron chi connectivity index (χ0n) is 11.6. The zero-order valence-corrected chi connectivity index (χ0v) is 12.4. The molecule has 0 aliphatic rings. The summed E-state index contributed by atoms with van der Waals surface area (Å²) < 4.78 is 6.26. The van der Waals surface area contributed by atoms with Gasteiger partial charge in [0.05, 0.1) is 23.2 Å². The van der Waals surface area contributed by atoms with Crippen LogP contribution in [-0.4, -0.2) is 34.4 Å². The summed E-state index contributed by atoms with van der Waals surface area (Å²) in [6.45, 7) is 0. The summed E-state index contributed by atoms with van der Waals surface area (Å²) in [4.78, 5) is 23.7. The first-order chi connectivity index (χ1) is 10.7. The van der Waals surface area contributed by atoms with Crippen molar-refractivity contribution < 1.29 is 14.3 Å². The van der Waals surface area contributed by atoms with Crippen LogP contribution in [0.5, 0.6) is 0 Å². The van der Waals surface area contributed by atoms with Crippen molar-refractivity contribution in [2.24, 2.45) is 0 Å². The van der Waals surface area contributed by atoms with Crippen LogP contribution < -0.4 is 0 Å². The molecule has 0 aliphatic heterocycles. The summed E-state index contributed by atoms with van der Waals surface area (Å²) in [6, 6.07) is 10.6. The summed E-state index contributed by atoms with van der Waals surface area (Å²) in [5.41, 5.74) is 1.89. The Morgan fingerprint density at radius 3 is 2.86 bits per heavy atom. The minimum absolute atomic E-state index is 0.255. The molecule has 0 saturated heterocycles. The second kappa shape index (κ2) is 5.90. The highest BCUT2D eigenvalue weighted by Crippen LogP contribution is 2.28. The molecular formula is C15H11N3O3S. The van der Waals surface area contributed by atoms with E-state index in [0.717, 1.165) is 4.88 Å². The molecule has 0 atom stereocenters. The lowest BCUT2D eigenvalue weighted by molar-refractivity contribution is 0.0600. The number of carbonyl (C=O) groups is 2. The first-order valence-corrected chi connectivity index (χ1v) is 7.26. The number of hydrogen-bond donors (Lipinski definition) is 0. The van der Waals surface area contributed by atoms with Crippen LogP contribution in [0.2, 0.25) is 0 Å². The Balaban J connectivity index is 2.15. The molecule has 6 nitrogen and oxygen atoms in total. The lowest BCUT2D eigenvalue weighted by Crippen LogP contribution is -2.04. The topological polar surface area (TPSA) is 74.1 Å². The van der Waals surface area contributed by atoms with Crippen molar-refractivity contribution >= 4 is 23.6 Å². The minimum atomic E-state index is -0.435. The Morgan fingerprint density at radius 2 is 2.18 bits per heavy atom. The molecule has 0 spiro atoms. The fraction of sp³-hybridized carbons (Fsp3) is 0.0667. The van der Waals surface area contributed by atoms with Crippen molar-refractivity contribution in [2.45, 2.75) is 0 Å². The van der Waals surface area contributed by atoms with Crippen LogP contribution in [0, 0.1) is 0 Å². The van der Waals surface area contributed by atoms with Crippen molar-refractivity contribution in [3.05, 3.63) is 53.0 Å². The second-order valence-electron chi connectivity index (χ2n) is 4.37. The maximum Gasteiger partial charge on any atom is 0.337 e. The van der Waals surface area contributed by atoms with Gasteiger partial charge in [-0.15, -0.1) is 16.4 Å². The Morgan fingerprint density at radius 1 is 1.32 bits per heavy atom. The molecule has 7 heteroatoms. The van der Waals surface area contributed by atoms with E-state index in [1.807, 2.05) is 17.5 Å². The number of benzene rings is 1. The molecule has 0 unspecified atom stereocenters. The quantitative estimate of drug-likeness (QED) is 0.547. The van der Waals surface area contributed by atoms with Gasteiger partial charge in [-0.3, -0.25) is 4.79 Å². The number of methoxy groups -OCH3 is 1. The monoisotopic (exact) mass is 313 g/mol. The first-order valence-electron chi connectivity index (χ1n) is 6.38. The SMILES string of the molecule is COC(=O)c1cccc(-n2nnc(C=O)c2-c2cccs2)c1. The molecule has 3 rings (SSSR count). The van der Waals surface area contributed by atoms with Gasteiger partial charge in [-0.2, -0.15) is 0 Å².